The zero-order valence-corrected chi connectivity index (χ0v) is 24.8. The van der Waals surface area contributed by atoms with Crippen molar-refractivity contribution in [2.75, 3.05) is 0 Å². The summed E-state index contributed by atoms with van der Waals surface area (Å²) in [6.07, 6.45) is 2.09. The van der Waals surface area contributed by atoms with Crippen LogP contribution in [0.15, 0.2) is 109 Å². The second-order valence-corrected chi connectivity index (χ2v) is 9.38. The fraction of sp³-hybridized carbons (Fsp3) is 0.111. The number of hydrogen-bond acceptors (Lipinski definition) is 0. The van der Waals surface area contributed by atoms with E-state index in [1.807, 2.05) is 0 Å². The van der Waals surface area contributed by atoms with Crippen molar-refractivity contribution in [1.29, 1.82) is 0 Å². The molecule has 1 heteroatoms. The van der Waals surface area contributed by atoms with Crippen molar-refractivity contribution in [3.05, 3.63) is 146 Å². The fourth-order valence-corrected chi connectivity index (χ4v) is 5.70. The quantitative estimate of drug-likeness (QED) is 0.185. The summed E-state index contributed by atoms with van der Waals surface area (Å²) in [6.45, 7) is 4.55. The number of fused-ring (bicyclic) bond motifs is 2. The maximum atomic E-state index is 2.36. The molecule has 6 aromatic carbocycles. The van der Waals surface area contributed by atoms with Gasteiger partial charge in [-0.3, -0.25) is 0 Å². The van der Waals surface area contributed by atoms with E-state index in [0.29, 0.717) is 0 Å². The van der Waals surface area contributed by atoms with Gasteiger partial charge in [0.2, 0.25) is 0 Å². The van der Waals surface area contributed by atoms with Gasteiger partial charge in [-0.15, -0.1) is 69.1 Å². The third-order valence-corrected chi connectivity index (χ3v) is 7.29. The maximum Gasteiger partial charge on any atom is 4.00 e. The summed E-state index contributed by atoms with van der Waals surface area (Å²) in [6, 6.07) is 39.8. The van der Waals surface area contributed by atoms with Crippen LogP contribution in [0.3, 0.4) is 0 Å². The standard InChI is InChI=1S/C34H28.2CH3.Zr/c1-23-21-27-15-9-17-31(25-11-5-3-6-12-25)33(27)29(23)19-20-30-24(2)22-28-16-10-18-32(34(28)30)26-13-7-4-8-14-26;;;/h3-18,21-22H,19-20H2,1-2H3;2*1H3;/q-2;2*-1;+4. The molecule has 0 fully saturated rings. The molecular formula is C36H34Zr. The van der Waals surface area contributed by atoms with Crippen LogP contribution in [0.5, 0.6) is 0 Å². The molecule has 0 saturated carbocycles. The van der Waals surface area contributed by atoms with Crippen LogP contribution >= 0.6 is 0 Å². The molecule has 37 heavy (non-hydrogen) atoms. The predicted molar refractivity (Wildman–Crippen MR) is 160 cm³/mol. The van der Waals surface area contributed by atoms with Crippen LogP contribution in [0, 0.1) is 28.7 Å². The largest absolute Gasteiger partial charge is 4.00 e. The van der Waals surface area contributed by atoms with Gasteiger partial charge >= 0.3 is 26.2 Å². The molecule has 0 amide bonds. The van der Waals surface area contributed by atoms with E-state index in [0.717, 1.165) is 12.8 Å². The van der Waals surface area contributed by atoms with E-state index in [-0.39, 0.29) is 41.1 Å². The number of benzene rings is 4. The Labute approximate surface area is 241 Å². The van der Waals surface area contributed by atoms with Crippen molar-refractivity contribution < 1.29 is 26.2 Å². The van der Waals surface area contributed by atoms with E-state index in [1.165, 1.54) is 66.1 Å². The van der Waals surface area contributed by atoms with Gasteiger partial charge in [0.25, 0.3) is 0 Å². The van der Waals surface area contributed by atoms with Gasteiger partial charge < -0.3 is 14.9 Å². The van der Waals surface area contributed by atoms with Crippen molar-refractivity contribution >= 4 is 21.5 Å². The minimum absolute atomic E-state index is 0. The molecule has 0 radical (unpaired) electrons. The summed E-state index contributed by atoms with van der Waals surface area (Å²) in [4.78, 5) is 0. The Morgan fingerprint density at radius 2 is 0.865 bits per heavy atom. The van der Waals surface area contributed by atoms with Crippen LogP contribution in [0.2, 0.25) is 0 Å². The molecule has 6 aromatic rings. The van der Waals surface area contributed by atoms with E-state index in [9.17, 15) is 0 Å². The summed E-state index contributed by atoms with van der Waals surface area (Å²) in [7, 11) is 0. The van der Waals surface area contributed by atoms with Gasteiger partial charge in [0.05, 0.1) is 0 Å². The zero-order chi connectivity index (χ0) is 23.1. The molecule has 0 atom stereocenters. The molecular weight excluding hydrogens is 524 g/mol. The Morgan fingerprint density at radius 3 is 1.24 bits per heavy atom. The predicted octanol–water partition coefficient (Wildman–Crippen LogP) is 10.1. The molecule has 0 unspecified atom stereocenters. The van der Waals surface area contributed by atoms with Gasteiger partial charge in [-0.05, 0) is 11.1 Å². The third kappa shape index (κ3) is 5.21. The minimum Gasteiger partial charge on any atom is -0.358 e. The molecule has 0 aliphatic heterocycles. The molecule has 0 heterocycles. The van der Waals surface area contributed by atoms with Gasteiger partial charge in [-0.1, -0.05) is 111 Å². The molecule has 0 aliphatic carbocycles. The monoisotopic (exact) mass is 556 g/mol. The summed E-state index contributed by atoms with van der Waals surface area (Å²) < 4.78 is 0. The summed E-state index contributed by atoms with van der Waals surface area (Å²) in [5, 5.41) is 5.54. The average molecular weight is 558 g/mol. The van der Waals surface area contributed by atoms with Crippen LogP contribution in [0.1, 0.15) is 22.3 Å². The summed E-state index contributed by atoms with van der Waals surface area (Å²) in [5.41, 5.74) is 11.0. The first-order chi connectivity index (χ1) is 16.7. The Kier molecular flexibility index (Phi) is 9.27. The van der Waals surface area contributed by atoms with Crippen LogP contribution in [-0.2, 0) is 39.0 Å². The number of rotatable bonds is 5. The zero-order valence-electron chi connectivity index (χ0n) is 22.3. The normalized spacial score (nSPS) is 10.5. The summed E-state index contributed by atoms with van der Waals surface area (Å²) in [5.74, 6) is 0. The third-order valence-electron chi connectivity index (χ3n) is 7.29. The molecule has 0 saturated heterocycles. The van der Waals surface area contributed by atoms with E-state index < -0.39 is 0 Å². The van der Waals surface area contributed by atoms with Crippen LogP contribution in [-0.4, -0.2) is 0 Å². The molecule has 0 aromatic heterocycles. The van der Waals surface area contributed by atoms with E-state index in [2.05, 4.69) is 123 Å². The minimum atomic E-state index is 0. The first-order valence-corrected chi connectivity index (χ1v) is 12.2. The van der Waals surface area contributed by atoms with Crippen LogP contribution in [0.4, 0.5) is 0 Å². The molecule has 0 aliphatic rings. The average Bonchev–Trinajstić information content (AvgIpc) is 3.38. The molecule has 0 N–H and O–H groups in total. The maximum absolute atomic E-state index is 2.36. The van der Waals surface area contributed by atoms with Gasteiger partial charge in [0.15, 0.2) is 0 Å². The first-order valence-electron chi connectivity index (χ1n) is 12.2. The van der Waals surface area contributed by atoms with Crippen molar-refractivity contribution in [2.24, 2.45) is 0 Å². The van der Waals surface area contributed by atoms with Crippen molar-refractivity contribution in [2.45, 2.75) is 26.7 Å². The van der Waals surface area contributed by atoms with E-state index in [4.69, 9.17) is 0 Å². The SMILES string of the molecule is Cc1[cH-]c2cccc(-c3ccccc3)c2c1CCc1c(C)[cH-]c2cccc(-c3ccccc3)c12.[CH3-].[CH3-].[Zr+4]. The topological polar surface area (TPSA) is 0 Å². The summed E-state index contributed by atoms with van der Waals surface area (Å²) >= 11 is 0. The van der Waals surface area contributed by atoms with Crippen molar-refractivity contribution in [3.63, 3.8) is 0 Å². The second kappa shape index (κ2) is 12.0. The van der Waals surface area contributed by atoms with Crippen LogP contribution < -0.4 is 0 Å². The Balaban J connectivity index is 0.00000127. The molecule has 182 valence electrons. The smallest absolute Gasteiger partial charge is 0.358 e. The Morgan fingerprint density at radius 1 is 0.486 bits per heavy atom. The number of hydrogen-bond donors (Lipinski definition) is 0. The molecule has 6 rings (SSSR count). The molecule has 0 bridgehead atoms. The Hall–Kier alpha value is -3.02. The van der Waals surface area contributed by atoms with E-state index in [1.54, 1.807) is 0 Å². The van der Waals surface area contributed by atoms with Gasteiger partial charge in [-0.25, -0.2) is 0 Å². The van der Waals surface area contributed by atoms with Gasteiger partial charge in [0, 0.05) is 0 Å². The number of aryl methyl sites for hydroxylation is 4. The van der Waals surface area contributed by atoms with Gasteiger partial charge in [0.1, 0.15) is 0 Å². The molecule has 0 nitrogen and oxygen atoms in total. The van der Waals surface area contributed by atoms with Gasteiger partial charge in [-0.2, -0.15) is 11.1 Å². The van der Waals surface area contributed by atoms with Crippen molar-refractivity contribution in [1.82, 2.24) is 0 Å². The molecule has 0 spiro atoms. The van der Waals surface area contributed by atoms with Crippen molar-refractivity contribution in [3.8, 4) is 22.3 Å². The Bertz CT molecular complexity index is 1470. The fourth-order valence-electron chi connectivity index (χ4n) is 5.70. The van der Waals surface area contributed by atoms with Crippen LogP contribution in [0.25, 0.3) is 43.8 Å². The first kappa shape index (κ1) is 28.6. The second-order valence-electron chi connectivity index (χ2n) is 9.38. The van der Waals surface area contributed by atoms with E-state index >= 15 is 0 Å².